The van der Waals surface area contributed by atoms with Crippen LogP contribution >= 0.6 is 0 Å². The molecule has 1 unspecified atom stereocenters. The predicted molar refractivity (Wildman–Crippen MR) is 68.0 cm³/mol. The van der Waals surface area contributed by atoms with Crippen molar-refractivity contribution in [1.82, 2.24) is 9.80 Å². The molecule has 0 aliphatic carbocycles. The largest absolute Gasteiger partial charge is 0.379 e. The molecule has 0 saturated carbocycles. The molecule has 2 rings (SSSR count). The average molecular weight is 241 g/mol. The highest BCUT2D eigenvalue weighted by molar-refractivity contribution is 4.77. The van der Waals surface area contributed by atoms with Gasteiger partial charge in [-0.2, -0.15) is 0 Å². The van der Waals surface area contributed by atoms with Crippen molar-refractivity contribution in [2.75, 3.05) is 59.2 Å². The quantitative estimate of drug-likeness (QED) is 0.705. The average Bonchev–Trinajstić information content (AvgIpc) is 2.42. The highest BCUT2D eigenvalue weighted by Crippen LogP contribution is 2.12. The SMILES string of the molecule is [CH2]CC(CCN1CCOCC1)N1CCOCC1. The Bertz CT molecular complexity index is 202. The molecule has 0 N–H and O–H groups in total. The maximum atomic E-state index is 5.40. The molecule has 1 atom stereocenters. The van der Waals surface area contributed by atoms with Crippen LogP contribution in [0.4, 0.5) is 0 Å². The zero-order valence-electron chi connectivity index (χ0n) is 10.8. The second-order valence-electron chi connectivity index (χ2n) is 4.83. The van der Waals surface area contributed by atoms with E-state index in [1.54, 1.807) is 0 Å². The lowest BCUT2D eigenvalue weighted by Crippen LogP contribution is -2.45. The summed E-state index contributed by atoms with van der Waals surface area (Å²) in [6.45, 7) is 13.2. The summed E-state index contributed by atoms with van der Waals surface area (Å²) in [7, 11) is 0. The van der Waals surface area contributed by atoms with E-state index >= 15 is 0 Å². The molecule has 0 aromatic rings. The van der Waals surface area contributed by atoms with Gasteiger partial charge < -0.3 is 9.47 Å². The molecule has 1 radical (unpaired) electrons. The Kier molecular flexibility index (Phi) is 5.71. The molecule has 0 aromatic carbocycles. The fourth-order valence-electron chi connectivity index (χ4n) is 2.61. The van der Waals surface area contributed by atoms with Crippen molar-refractivity contribution >= 4 is 0 Å². The molecular weight excluding hydrogens is 216 g/mol. The standard InChI is InChI=1S/C13H25N2O2/c1-2-13(15-7-11-17-12-8-15)3-4-14-5-9-16-10-6-14/h13H,1-12H2. The summed E-state index contributed by atoms with van der Waals surface area (Å²) in [4.78, 5) is 5.05. The zero-order valence-corrected chi connectivity index (χ0v) is 10.8. The highest BCUT2D eigenvalue weighted by atomic mass is 16.5. The van der Waals surface area contributed by atoms with Crippen LogP contribution in [0.1, 0.15) is 12.8 Å². The molecule has 0 aromatic heterocycles. The van der Waals surface area contributed by atoms with Crippen molar-refractivity contribution in [3.05, 3.63) is 6.92 Å². The first-order valence-electron chi connectivity index (χ1n) is 6.81. The summed E-state index contributed by atoms with van der Waals surface area (Å²) in [6.07, 6.45) is 2.23. The summed E-state index contributed by atoms with van der Waals surface area (Å²) in [5.74, 6) is 0. The van der Waals surface area contributed by atoms with Crippen LogP contribution in [0.15, 0.2) is 0 Å². The smallest absolute Gasteiger partial charge is 0.0594 e. The summed E-state index contributed by atoms with van der Waals surface area (Å²) >= 11 is 0. The van der Waals surface area contributed by atoms with Gasteiger partial charge in [0.05, 0.1) is 26.4 Å². The van der Waals surface area contributed by atoms with E-state index in [1.165, 1.54) is 13.0 Å². The number of morpholine rings is 2. The first-order chi connectivity index (χ1) is 8.40. The Morgan fingerprint density at radius 3 is 2.12 bits per heavy atom. The van der Waals surface area contributed by atoms with E-state index in [0.29, 0.717) is 6.04 Å². The maximum Gasteiger partial charge on any atom is 0.0594 e. The van der Waals surface area contributed by atoms with E-state index < -0.39 is 0 Å². The molecule has 2 aliphatic rings. The molecule has 0 amide bonds. The predicted octanol–water partition coefficient (Wildman–Crippen LogP) is 0.634. The minimum atomic E-state index is 0.627. The van der Waals surface area contributed by atoms with Gasteiger partial charge in [0.1, 0.15) is 0 Å². The number of hydrogen-bond acceptors (Lipinski definition) is 4. The molecule has 2 heterocycles. The van der Waals surface area contributed by atoms with Gasteiger partial charge in [0, 0.05) is 32.2 Å². The van der Waals surface area contributed by atoms with E-state index in [1.807, 2.05) is 0 Å². The molecule has 4 heteroatoms. The van der Waals surface area contributed by atoms with Crippen molar-refractivity contribution in [3.63, 3.8) is 0 Å². The zero-order chi connectivity index (χ0) is 11.9. The van der Waals surface area contributed by atoms with Crippen molar-refractivity contribution in [2.24, 2.45) is 0 Å². The van der Waals surface area contributed by atoms with Crippen LogP contribution in [0.3, 0.4) is 0 Å². The van der Waals surface area contributed by atoms with Gasteiger partial charge in [0.15, 0.2) is 0 Å². The molecule has 2 saturated heterocycles. The monoisotopic (exact) mass is 241 g/mol. The molecule has 17 heavy (non-hydrogen) atoms. The lowest BCUT2D eigenvalue weighted by Gasteiger charge is -2.35. The Morgan fingerprint density at radius 2 is 1.53 bits per heavy atom. The van der Waals surface area contributed by atoms with Crippen LogP contribution in [-0.2, 0) is 9.47 Å². The van der Waals surface area contributed by atoms with Crippen molar-refractivity contribution in [1.29, 1.82) is 0 Å². The molecule has 0 spiro atoms. The molecule has 2 aliphatic heterocycles. The number of hydrogen-bond donors (Lipinski definition) is 0. The van der Waals surface area contributed by atoms with E-state index in [0.717, 1.165) is 59.0 Å². The third kappa shape index (κ3) is 4.21. The van der Waals surface area contributed by atoms with Gasteiger partial charge in [0.2, 0.25) is 0 Å². The van der Waals surface area contributed by atoms with Crippen LogP contribution in [0.25, 0.3) is 0 Å². The normalized spacial score (nSPS) is 25.9. The van der Waals surface area contributed by atoms with E-state index in [2.05, 4.69) is 16.7 Å². The van der Waals surface area contributed by atoms with E-state index in [4.69, 9.17) is 9.47 Å². The van der Waals surface area contributed by atoms with Gasteiger partial charge in [0.25, 0.3) is 0 Å². The highest BCUT2D eigenvalue weighted by Gasteiger charge is 2.20. The molecule has 0 bridgehead atoms. The molecule has 99 valence electrons. The van der Waals surface area contributed by atoms with Gasteiger partial charge in [-0.3, -0.25) is 9.80 Å². The second-order valence-corrected chi connectivity index (χ2v) is 4.83. The Balaban J connectivity index is 1.70. The van der Waals surface area contributed by atoms with Crippen molar-refractivity contribution in [2.45, 2.75) is 18.9 Å². The summed E-state index contributed by atoms with van der Waals surface area (Å²) in [5.41, 5.74) is 0. The lowest BCUT2D eigenvalue weighted by atomic mass is 10.1. The summed E-state index contributed by atoms with van der Waals surface area (Å²) in [5, 5.41) is 0. The minimum absolute atomic E-state index is 0.627. The van der Waals surface area contributed by atoms with Crippen molar-refractivity contribution in [3.8, 4) is 0 Å². The van der Waals surface area contributed by atoms with Gasteiger partial charge >= 0.3 is 0 Å². The molecule has 4 nitrogen and oxygen atoms in total. The third-order valence-electron chi connectivity index (χ3n) is 3.78. The van der Waals surface area contributed by atoms with Gasteiger partial charge in [-0.05, 0) is 19.4 Å². The maximum absolute atomic E-state index is 5.40. The van der Waals surface area contributed by atoms with Crippen LogP contribution in [0.2, 0.25) is 0 Å². The van der Waals surface area contributed by atoms with Crippen LogP contribution < -0.4 is 0 Å². The van der Waals surface area contributed by atoms with E-state index in [-0.39, 0.29) is 0 Å². The first kappa shape index (κ1) is 13.3. The van der Waals surface area contributed by atoms with Gasteiger partial charge in [-0.1, -0.05) is 6.92 Å². The van der Waals surface area contributed by atoms with Crippen LogP contribution in [0.5, 0.6) is 0 Å². The third-order valence-corrected chi connectivity index (χ3v) is 3.78. The Labute approximate surface area is 105 Å². The first-order valence-corrected chi connectivity index (χ1v) is 6.81. The van der Waals surface area contributed by atoms with Crippen LogP contribution in [-0.4, -0.2) is 75.0 Å². The van der Waals surface area contributed by atoms with E-state index in [9.17, 15) is 0 Å². The number of ether oxygens (including phenoxy) is 2. The van der Waals surface area contributed by atoms with Crippen molar-refractivity contribution < 1.29 is 9.47 Å². The number of rotatable bonds is 5. The van der Waals surface area contributed by atoms with Gasteiger partial charge in [-0.15, -0.1) is 0 Å². The summed E-state index contributed by atoms with van der Waals surface area (Å²) < 4.78 is 10.8. The lowest BCUT2D eigenvalue weighted by molar-refractivity contribution is 0.00595. The molecular formula is C13H25N2O2. The van der Waals surface area contributed by atoms with Crippen LogP contribution in [0, 0.1) is 6.92 Å². The Hall–Kier alpha value is -0.160. The minimum Gasteiger partial charge on any atom is -0.379 e. The topological polar surface area (TPSA) is 24.9 Å². The number of nitrogens with zero attached hydrogens (tertiary/aromatic N) is 2. The fraction of sp³-hybridized carbons (Fsp3) is 0.923. The molecule has 2 fully saturated rings. The second kappa shape index (κ2) is 7.31. The summed E-state index contributed by atoms with van der Waals surface area (Å²) in [6, 6.07) is 0.627. The van der Waals surface area contributed by atoms with Gasteiger partial charge in [-0.25, -0.2) is 0 Å². The fourth-order valence-corrected chi connectivity index (χ4v) is 2.61. The Morgan fingerprint density at radius 1 is 0.941 bits per heavy atom.